The monoisotopic (exact) mass is 303 g/mol. The van der Waals surface area contributed by atoms with Crippen molar-refractivity contribution in [3.8, 4) is 5.75 Å². The van der Waals surface area contributed by atoms with Gasteiger partial charge < -0.3 is 15.2 Å². The standard InChI is InChI=1S/C16H17NO3S/c1-9-3-4-14-11(5-9)6-12(20-14)8-19-16(18)15-7-13(17)10(2)21-15/h3-5,7,12H,6,8,17H2,1-2H3. The van der Waals surface area contributed by atoms with Crippen LogP contribution in [0.1, 0.15) is 25.7 Å². The third-order valence-electron chi connectivity index (χ3n) is 3.51. The number of aryl methyl sites for hydroxylation is 2. The van der Waals surface area contributed by atoms with E-state index in [-0.39, 0.29) is 18.7 Å². The summed E-state index contributed by atoms with van der Waals surface area (Å²) in [7, 11) is 0. The van der Waals surface area contributed by atoms with Crippen LogP contribution in [0.2, 0.25) is 0 Å². The number of hydrogen-bond donors (Lipinski definition) is 1. The largest absolute Gasteiger partial charge is 0.486 e. The van der Waals surface area contributed by atoms with E-state index in [2.05, 4.69) is 13.0 Å². The van der Waals surface area contributed by atoms with Gasteiger partial charge in [0.15, 0.2) is 0 Å². The molecule has 1 aliphatic heterocycles. The Labute approximate surface area is 127 Å². The molecule has 0 amide bonds. The third kappa shape index (κ3) is 2.88. The summed E-state index contributed by atoms with van der Waals surface area (Å²) < 4.78 is 11.1. The van der Waals surface area contributed by atoms with Gasteiger partial charge in [-0.1, -0.05) is 17.7 Å². The quantitative estimate of drug-likeness (QED) is 0.885. The van der Waals surface area contributed by atoms with Gasteiger partial charge in [0.25, 0.3) is 0 Å². The van der Waals surface area contributed by atoms with Crippen LogP contribution in [0.5, 0.6) is 5.75 Å². The lowest BCUT2D eigenvalue weighted by Crippen LogP contribution is -2.22. The highest BCUT2D eigenvalue weighted by atomic mass is 32.1. The Bertz CT molecular complexity index is 673. The molecule has 2 N–H and O–H groups in total. The van der Waals surface area contributed by atoms with Crippen LogP contribution in [-0.2, 0) is 11.2 Å². The van der Waals surface area contributed by atoms with Crippen LogP contribution in [0.15, 0.2) is 24.3 Å². The molecule has 0 fully saturated rings. The van der Waals surface area contributed by atoms with Gasteiger partial charge in [-0.25, -0.2) is 4.79 Å². The van der Waals surface area contributed by atoms with Crippen LogP contribution < -0.4 is 10.5 Å². The Morgan fingerprint density at radius 1 is 1.43 bits per heavy atom. The fourth-order valence-electron chi connectivity index (χ4n) is 2.38. The maximum Gasteiger partial charge on any atom is 0.348 e. The van der Waals surface area contributed by atoms with Gasteiger partial charge in [-0.15, -0.1) is 11.3 Å². The maximum atomic E-state index is 12.0. The zero-order chi connectivity index (χ0) is 15.0. The molecule has 0 aliphatic carbocycles. The molecule has 0 radical (unpaired) electrons. The third-order valence-corrected chi connectivity index (χ3v) is 4.56. The predicted octanol–water partition coefficient (Wildman–Crippen LogP) is 3.11. The Hall–Kier alpha value is -2.01. The van der Waals surface area contributed by atoms with E-state index in [0.29, 0.717) is 10.6 Å². The first kappa shape index (κ1) is 13.9. The van der Waals surface area contributed by atoms with Crippen molar-refractivity contribution in [3.63, 3.8) is 0 Å². The number of carbonyl (C=O) groups excluding carboxylic acids is 1. The van der Waals surface area contributed by atoms with Gasteiger partial charge in [0, 0.05) is 17.0 Å². The number of carbonyl (C=O) groups is 1. The lowest BCUT2D eigenvalue weighted by atomic mass is 10.1. The highest BCUT2D eigenvalue weighted by Crippen LogP contribution is 2.30. The summed E-state index contributed by atoms with van der Waals surface area (Å²) in [5.74, 6) is 0.549. The molecule has 1 aliphatic rings. The zero-order valence-electron chi connectivity index (χ0n) is 12.0. The molecule has 0 saturated heterocycles. The molecule has 3 rings (SSSR count). The summed E-state index contributed by atoms with van der Waals surface area (Å²) in [6.07, 6.45) is 0.666. The Morgan fingerprint density at radius 3 is 2.95 bits per heavy atom. The van der Waals surface area contributed by atoms with Crippen molar-refractivity contribution in [3.05, 3.63) is 45.1 Å². The van der Waals surface area contributed by atoms with Gasteiger partial charge in [-0.05, 0) is 31.5 Å². The predicted molar refractivity (Wildman–Crippen MR) is 83.0 cm³/mol. The van der Waals surface area contributed by atoms with E-state index in [9.17, 15) is 4.79 Å². The lowest BCUT2D eigenvalue weighted by Gasteiger charge is -2.10. The molecule has 2 aromatic rings. The summed E-state index contributed by atoms with van der Waals surface area (Å²) >= 11 is 1.35. The van der Waals surface area contributed by atoms with Crippen molar-refractivity contribution in [1.29, 1.82) is 0 Å². The van der Waals surface area contributed by atoms with E-state index >= 15 is 0 Å². The fraction of sp³-hybridized carbons (Fsp3) is 0.312. The van der Waals surface area contributed by atoms with E-state index in [1.165, 1.54) is 22.5 Å². The topological polar surface area (TPSA) is 61.5 Å². The Morgan fingerprint density at radius 2 is 2.24 bits per heavy atom. The van der Waals surface area contributed by atoms with E-state index in [1.807, 2.05) is 19.1 Å². The summed E-state index contributed by atoms with van der Waals surface area (Å²) in [6.45, 7) is 4.19. The average molecular weight is 303 g/mol. The molecule has 0 bridgehead atoms. The molecule has 5 heteroatoms. The molecule has 0 saturated carbocycles. The van der Waals surface area contributed by atoms with E-state index < -0.39 is 0 Å². The van der Waals surface area contributed by atoms with Gasteiger partial charge in [-0.2, -0.15) is 0 Å². The zero-order valence-corrected chi connectivity index (χ0v) is 12.8. The second-order valence-corrected chi connectivity index (χ2v) is 6.53. The van der Waals surface area contributed by atoms with Crippen molar-refractivity contribution in [1.82, 2.24) is 0 Å². The van der Waals surface area contributed by atoms with Crippen LogP contribution in [0.3, 0.4) is 0 Å². The van der Waals surface area contributed by atoms with E-state index in [4.69, 9.17) is 15.2 Å². The number of nitrogens with two attached hydrogens (primary N) is 1. The molecule has 21 heavy (non-hydrogen) atoms. The average Bonchev–Trinajstić information content (AvgIpc) is 2.99. The Kier molecular flexibility index (Phi) is 3.59. The van der Waals surface area contributed by atoms with Crippen molar-refractivity contribution in [2.75, 3.05) is 12.3 Å². The van der Waals surface area contributed by atoms with Crippen LogP contribution in [0.25, 0.3) is 0 Å². The normalized spacial score (nSPS) is 16.4. The molecule has 2 heterocycles. The second kappa shape index (κ2) is 5.41. The summed E-state index contributed by atoms with van der Waals surface area (Å²) in [6, 6.07) is 7.76. The summed E-state index contributed by atoms with van der Waals surface area (Å²) in [5.41, 5.74) is 8.76. The van der Waals surface area contributed by atoms with Gasteiger partial charge in [-0.3, -0.25) is 0 Å². The molecule has 1 unspecified atom stereocenters. The number of anilines is 1. The summed E-state index contributed by atoms with van der Waals surface area (Å²) in [5, 5.41) is 0. The van der Waals surface area contributed by atoms with Crippen LogP contribution in [0.4, 0.5) is 5.69 Å². The summed E-state index contributed by atoms with van der Waals surface area (Å²) in [4.78, 5) is 13.4. The smallest absolute Gasteiger partial charge is 0.348 e. The fourth-order valence-corrected chi connectivity index (χ4v) is 3.21. The highest BCUT2D eigenvalue weighted by molar-refractivity contribution is 7.14. The number of rotatable bonds is 3. The number of benzene rings is 1. The van der Waals surface area contributed by atoms with Crippen molar-refractivity contribution >= 4 is 23.0 Å². The molecular formula is C16H17NO3S. The number of hydrogen-bond acceptors (Lipinski definition) is 5. The maximum absolute atomic E-state index is 12.0. The van der Waals surface area contributed by atoms with Crippen molar-refractivity contribution in [2.45, 2.75) is 26.4 Å². The molecular weight excluding hydrogens is 286 g/mol. The minimum absolute atomic E-state index is 0.107. The lowest BCUT2D eigenvalue weighted by molar-refractivity contribution is 0.0352. The van der Waals surface area contributed by atoms with E-state index in [0.717, 1.165) is 17.0 Å². The molecule has 0 spiro atoms. The number of fused-ring (bicyclic) bond motifs is 1. The molecule has 1 aromatic heterocycles. The van der Waals surface area contributed by atoms with Gasteiger partial charge in [0.2, 0.25) is 0 Å². The molecule has 1 atom stereocenters. The van der Waals surface area contributed by atoms with Gasteiger partial charge in [0.1, 0.15) is 23.3 Å². The Balaban J connectivity index is 1.58. The minimum Gasteiger partial charge on any atom is -0.486 e. The van der Waals surface area contributed by atoms with Gasteiger partial charge in [0.05, 0.1) is 0 Å². The molecule has 4 nitrogen and oxygen atoms in total. The van der Waals surface area contributed by atoms with E-state index in [1.54, 1.807) is 6.07 Å². The highest BCUT2D eigenvalue weighted by Gasteiger charge is 2.24. The van der Waals surface area contributed by atoms with Crippen LogP contribution in [-0.4, -0.2) is 18.7 Å². The molecule has 110 valence electrons. The number of thiophene rings is 1. The number of nitrogen functional groups attached to an aromatic ring is 1. The molecule has 1 aromatic carbocycles. The van der Waals surface area contributed by atoms with Crippen LogP contribution >= 0.6 is 11.3 Å². The van der Waals surface area contributed by atoms with Crippen molar-refractivity contribution < 1.29 is 14.3 Å². The SMILES string of the molecule is Cc1ccc2c(c1)CC(COC(=O)c1cc(N)c(C)s1)O2. The second-order valence-electron chi connectivity index (χ2n) is 5.28. The number of esters is 1. The van der Waals surface area contributed by atoms with Crippen molar-refractivity contribution in [2.24, 2.45) is 0 Å². The van der Waals surface area contributed by atoms with Crippen LogP contribution in [0, 0.1) is 13.8 Å². The first-order valence-corrected chi connectivity index (χ1v) is 7.64. The first-order valence-electron chi connectivity index (χ1n) is 6.82. The first-order chi connectivity index (χ1) is 10.0. The van der Waals surface area contributed by atoms with Gasteiger partial charge >= 0.3 is 5.97 Å². The number of ether oxygens (including phenoxy) is 2. The minimum atomic E-state index is -0.337.